The van der Waals surface area contributed by atoms with E-state index in [4.69, 9.17) is 5.26 Å². The maximum Gasteiger partial charge on any atom is 0.255 e. The van der Waals surface area contributed by atoms with Crippen LogP contribution in [-0.4, -0.2) is 20.9 Å². The maximum atomic E-state index is 12.5. The van der Waals surface area contributed by atoms with Gasteiger partial charge in [0.2, 0.25) is 0 Å². The highest BCUT2D eigenvalue weighted by atomic mass is 32.2. The fourth-order valence-electron chi connectivity index (χ4n) is 2.96. The average Bonchev–Trinajstić information content (AvgIpc) is 3.26. The Balaban J connectivity index is 1.51. The number of amides is 1. The van der Waals surface area contributed by atoms with Crippen molar-refractivity contribution in [2.75, 3.05) is 5.32 Å². The molecule has 0 saturated heterocycles. The molecule has 1 amide bonds. The van der Waals surface area contributed by atoms with Crippen LogP contribution in [0.4, 0.5) is 5.69 Å². The minimum atomic E-state index is -0.209. The molecule has 4 rings (SSSR count). The molecule has 0 aliphatic heterocycles. The van der Waals surface area contributed by atoms with Crippen molar-refractivity contribution in [1.82, 2.24) is 15.0 Å². The van der Waals surface area contributed by atoms with Crippen LogP contribution < -0.4 is 5.32 Å². The highest BCUT2D eigenvalue weighted by molar-refractivity contribution is 8.03. The molecule has 0 fully saturated rings. The molecule has 146 valence electrons. The third-order valence-electron chi connectivity index (χ3n) is 4.55. The minimum absolute atomic E-state index is 0.209. The zero-order chi connectivity index (χ0) is 20.9. The van der Waals surface area contributed by atoms with E-state index in [0.717, 1.165) is 33.6 Å². The number of thioether (sulfide) groups is 1. The average molecular weight is 411 g/mol. The van der Waals surface area contributed by atoms with Crippen LogP contribution in [0.15, 0.2) is 83.9 Å². The standard InChI is InChI=1S/C23H17N5OS/c1-16-2-4-17(5-3-16)22-14-25-27-28(22)20-10-6-18(7-11-20)23(29)26-19-8-12-21(13-9-19)30-15-24/h2-14H,1H3,(H,26,29). The number of carbonyl (C=O) groups excluding carboxylic acids is 1. The number of carbonyl (C=O) groups is 1. The van der Waals surface area contributed by atoms with E-state index < -0.39 is 0 Å². The summed E-state index contributed by atoms with van der Waals surface area (Å²) in [5.41, 5.74) is 5.10. The molecule has 30 heavy (non-hydrogen) atoms. The van der Waals surface area contributed by atoms with E-state index in [1.54, 1.807) is 47.3 Å². The van der Waals surface area contributed by atoms with Crippen molar-refractivity contribution in [2.24, 2.45) is 0 Å². The number of anilines is 1. The summed E-state index contributed by atoms with van der Waals surface area (Å²) in [4.78, 5) is 13.4. The molecule has 4 aromatic rings. The predicted molar refractivity (Wildman–Crippen MR) is 117 cm³/mol. The van der Waals surface area contributed by atoms with E-state index >= 15 is 0 Å². The van der Waals surface area contributed by atoms with Gasteiger partial charge >= 0.3 is 0 Å². The number of nitrogens with zero attached hydrogens (tertiary/aromatic N) is 4. The number of nitrogens with one attached hydrogen (secondary N) is 1. The first-order valence-corrected chi connectivity index (χ1v) is 10.0. The molecule has 6 nitrogen and oxygen atoms in total. The normalized spacial score (nSPS) is 10.4. The molecule has 0 bridgehead atoms. The van der Waals surface area contributed by atoms with Crippen LogP contribution in [0.3, 0.4) is 0 Å². The number of nitriles is 1. The van der Waals surface area contributed by atoms with Crippen LogP contribution in [0.1, 0.15) is 15.9 Å². The van der Waals surface area contributed by atoms with E-state index in [2.05, 4.69) is 15.6 Å². The topological polar surface area (TPSA) is 83.6 Å². The molecule has 7 heteroatoms. The van der Waals surface area contributed by atoms with Crippen LogP contribution in [-0.2, 0) is 0 Å². The van der Waals surface area contributed by atoms with Crippen molar-refractivity contribution >= 4 is 23.4 Å². The van der Waals surface area contributed by atoms with Crippen molar-refractivity contribution in [2.45, 2.75) is 11.8 Å². The number of aromatic nitrogens is 3. The van der Waals surface area contributed by atoms with Gasteiger partial charge in [0.05, 0.1) is 17.6 Å². The Bertz CT molecular complexity index is 1210. The quantitative estimate of drug-likeness (QED) is 0.366. The van der Waals surface area contributed by atoms with Gasteiger partial charge < -0.3 is 5.32 Å². The Morgan fingerprint density at radius 3 is 2.37 bits per heavy atom. The van der Waals surface area contributed by atoms with Crippen LogP contribution >= 0.6 is 11.8 Å². The van der Waals surface area contributed by atoms with Gasteiger partial charge in [-0.2, -0.15) is 5.26 Å². The van der Waals surface area contributed by atoms with Crippen molar-refractivity contribution in [1.29, 1.82) is 5.26 Å². The van der Waals surface area contributed by atoms with Gasteiger partial charge in [-0.25, -0.2) is 4.68 Å². The molecule has 1 aromatic heterocycles. The molecular weight excluding hydrogens is 394 g/mol. The predicted octanol–water partition coefficient (Wildman–Crippen LogP) is 5.07. The fraction of sp³-hybridized carbons (Fsp3) is 0.0435. The summed E-state index contributed by atoms with van der Waals surface area (Å²) in [5, 5.41) is 21.8. The zero-order valence-electron chi connectivity index (χ0n) is 16.1. The molecule has 0 radical (unpaired) electrons. The number of hydrogen-bond donors (Lipinski definition) is 1. The van der Waals surface area contributed by atoms with Gasteiger partial charge in [-0.3, -0.25) is 4.79 Å². The van der Waals surface area contributed by atoms with Gasteiger partial charge in [0.15, 0.2) is 0 Å². The molecule has 0 unspecified atom stereocenters. The highest BCUT2D eigenvalue weighted by Gasteiger charge is 2.11. The number of benzene rings is 3. The number of aryl methyl sites for hydroxylation is 1. The number of rotatable bonds is 5. The summed E-state index contributed by atoms with van der Waals surface area (Å²) in [7, 11) is 0. The lowest BCUT2D eigenvalue weighted by molar-refractivity contribution is 0.102. The van der Waals surface area contributed by atoms with Crippen molar-refractivity contribution in [3.05, 3.63) is 90.1 Å². The first-order chi connectivity index (χ1) is 14.6. The third kappa shape index (κ3) is 4.24. The Morgan fingerprint density at radius 1 is 1.00 bits per heavy atom. The van der Waals surface area contributed by atoms with Crippen LogP contribution in [0.5, 0.6) is 0 Å². The van der Waals surface area contributed by atoms with Crippen LogP contribution in [0.25, 0.3) is 16.9 Å². The largest absolute Gasteiger partial charge is 0.322 e. The van der Waals surface area contributed by atoms with Crippen LogP contribution in [0, 0.1) is 17.6 Å². The third-order valence-corrected chi connectivity index (χ3v) is 5.15. The van der Waals surface area contributed by atoms with Gasteiger partial charge in [0.1, 0.15) is 5.40 Å². The molecule has 0 saturated carbocycles. The van der Waals surface area contributed by atoms with Gasteiger partial charge in [-0.1, -0.05) is 35.0 Å². The lowest BCUT2D eigenvalue weighted by Crippen LogP contribution is -2.12. The summed E-state index contributed by atoms with van der Waals surface area (Å²) in [5.74, 6) is -0.209. The summed E-state index contributed by atoms with van der Waals surface area (Å²) < 4.78 is 1.75. The van der Waals surface area contributed by atoms with Gasteiger partial charge in [0.25, 0.3) is 5.91 Å². The number of hydrogen-bond acceptors (Lipinski definition) is 5. The second kappa shape index (κ2) is 8.64. The van der Waals surface area contributed by atoms with Gasteiger partial charge in [0, 0.05) is 21.7 Å². The zero-order valence-corrected chi connectivity index (χ0v) is 16.9. The lowest BCUT2D eigenvalue weighted by atomic mass is 10.1. The molecule has 1 heterocycles. The first kappa shape index (κ1) is 19.4. The monoisotopic (exact) mass is 411 g/mol. The summed E-state index contributed by atoms with van der Waals surface area (Å²) in [6.45, 7) is 2.04. The van der Waals surface area contributed by atoms with E-state index in [1.165, 1.54) is 5.56 Å². The number of thiocyanates is 1. The second-order valence-corrected chi connectivity index (χ2v) is 7.47. The smallest absolute Gasteiger partial charge is 0.255 e. The summed E-state index contributed by atoms with van der Waals surface area (Å²) >= 11 is 1.08. The SMILES string of the molecule is Cc1ccc(-c2cnnn2-c2ccc(C(=O)Nc3ccc(SC#N)cc3)cc2)cc1. The Kier molecular flexibility index (Phi) is 5.59. The Labute approximate surface area is 178 Å². The van der Waals surface area contributed by atoms with Crippen molar-refractivity contribution in [3.8, 4) is 22.3 Å². The van der Waals surface area contributed by atoms with Crippen LogP contribution in [0.2, 0.25) is 0 Å². The lowest BCUT2D eigenvalue weighted by Gasteiger charge is -2.09. The van der Waals surface area contributed by atoms with E-state index in [-0.39, 0.29) is 5.91 Å². The van der Waals surface area contributed by atoms with E-state index in [9.17, 15) is 4.79 Å². The molecule has 0 aliphatic rings. The summed E-state index contributed by atoms with van der Waals surface area (Å²) in [6.07, 6.45) is 1.72. The first-order valence-electron chi connectivity index (χ1n) is 9.19. The van der Waals surface area contributed by atoms with Crippen molar-refractivity contribution in [3.63, 3.8) is 0 Å². The molecule has 3 aromatic carbocycles. The van der Waals surface area contributed by atoms with E-state index in [0.29, 0.717) is 11.3 Å². The second-order valence-electron chi connectivity index (χ2n) is 6.62. The molecule has 0 atom stereocenters. The summed E-state index contributed by atoms with van der Waals surface area (Å²) in [6, 6.07) is 22.5. The van der Waals surface area contributed by atoms with Crippen molar-refractivity contribution < 1.29 is 4.79 Å². The minimum Gasteiger partial charge on any atom is -0.322 e. The molecular formula is C23H17N5OS. The van der Waals surface area contributed by atoms with E-state index in [1.807, 2.05) is 48.7 Å². The van der Waals surface area contributed by atoms with Gasteiger partial charge in [-0.15, -0.1) is 5.10 Å². The Morgan fingerprint density at radius 2 is 1.70 bits per heavy atom. The maximum absolute atomic E-state index is 12.5. The molecule has 0 aliphatic carbocycles. The molecule has 1 N–H and O–H groups in total. The molecule has 0 spiro atoms. The highest BCUT2D eigenvalue weighted by Crippen LogP contribution is 2.23. The van der Waals surface area contributed by atoms with Gasteiger partial charge in [-0.05, 0) is 67.2 Å². The fourth-order valence-corrected chi connectivity index (χ4v) is 3.34. The Hall–Kier alpha value is -3.89.